The maximum Gasteiger partial charge on any atom is 0.0744 e. The molecule has 4 heteroatoms. The normalized spacial score (nSPS) is 17.3. The van der Waals surface area contributed by atoms with Gasteiger partial charge in [0.05, 0.1) is 6.10 Å². The zero-order valence-corrected chi connectivity index (χ0v) is 6.85. The molecule has 0 aromatic rings. The van der Waals surface area contributed by atoms with Crippen LogP contribution in [-0.2, 0) is 0 Å². The molecule has 0 aliphatic carbocycles. The van der Waals surface area contributed by atoms with Crippen LogP contribution >= 0.6 is 25.3 Å². The van der Waals surface area contributed by atoms with Crippen molar-refractivity contribution in [2.45, 2.75) is 17.8 Å². The Kier molecular flexibility index (Phi) is 5.78. The van der Waals surface area contributed by atoms with Crippen molar-refractivity contribution in [3.8, 4) is 0 Å². The van der Waals surface area contributed by atoms with Gasteiger partial charge in [0.25, 0.3) is 0 Å². The van der Waals surface area contributed by atoms with Crippen LogP contribution in [0.4, 0.5) is 0 Å². The van der Waals surface area contributed by atoms with Crippen LogP contribution in [0.1, 0.15) is 6.42 Å². The molecular weight excluding hydrogens is 156 g/mol. The summed E-state index contributed by atoms with van der Waals surface area (Å²) in [7, 11) is 0. The van der Waals surface area contributed by atoms with Crippen molar-refractivity contribution in [3.05, 3.63) is 0 Å². The van der Waals surface area contributed by atoms with Gasteiger partial charge in [0, 0.05) is 17.6 Å². The number of thiol groups is 2. The van der Waals surface area contributed by atoms with Gasteiger partial charge in [0.15, 0.2) is 0 Å². The molecule has 2 unspecified atom stereocenters. The summed E-state index contributed by atoms with van der Waals surface area (Å²) in [4.78, 5) is 0. The molecule has 0 aromatic carbocycles. The summed E-state index contributed by atoms with van der Waals surface area (Å²) in [5.74, 6) is 0.397. The van der Waals surface area contributed by atoms with E-state index in [1.54, 1.807) is 0 Å². The maximum atomic E-state index is 8.99. The molecule has 9 heavy (non-hydrogen) atoms. The lowest BCUT2D eigenvalue weighted by Gasteiger charge is -2.13. The van der Waals surface area contributed by atoms with Gasteiger partial charge in [-0.15, -0.1) is 0 Å². The van der Waals surface area contributed by atoms with Crippen molar-refractivity contribution < 1.29 is 10.2 Å². The molecule has 2 N–H and O–H groups in total. The minimum Gasteiger partial charge on any atom is -0.396 e. The lowest BCUT2D eigenvalue weighted by Crippen LogP contribution is -2.23. The largest absolute Gasteiger partial charge is 0.396 e. The Morgan fingerprint density at radius 1 is 1.44 bits per heavy atom. The van der Waals surface area contributed by atoms with E-state index in [1.807, 2.05) is 0 Å². The molecule has 0 aliphatic heterocycles. The molecule has 0 aromatic heterocycles. The van der Waals surface area contributed by atoms with Crippen LogP contribution in [0.3, 0.4) is 0 Å². The number of aliphatic hydroxyl groups is 2. The Bertz CT molecular complexity index is 70.0. The number of aliphatic hydroxyl groups excluding tert-OH is 2. The van der Waals surface area contributed by atoms with Crippen LogP contribution in [0, 0.1) is 0 Å². The standard InChI is InChI=1S/C5H12O2S2/c6-2-1-5(9)4(7)3-8/h4-9H,1-3H2. The lowest BCUT2D eigenvalue weighted by molar-refractivity contribution is 0.178. The van der Waals surface area contributed by atoms with E-state index in [-0.39, 0.29) is 11.9 Å². The molecule has 0 saturated carbocycles. The molecule has 0 aliphatic rings. The Balaban J connectivity index is 3.32. The van der Waals surface area contributed by atoms with E-state index in [2.05, 4.69) is 25.3 Å². The second-order valence-electron chi connectivity index (χ2n) is 1.83. The van der Waals surface area contributed by atoms with Crippen molar-refractivity contribution in [2.24, 2.45) is 0 Å². The topological polar surface area (TPSA) is 40.5 Å². The van der Waals surface area contributed by atoms with Crippen molar-refractivity contribution in [2.75, 3.05) is 12.4 Å². The van der Waals surface area contributed by atoms with Gasteiger partial charge in [-0.2, -0.15) is 25.3 Å². The Morgan fingerprint density at radius 2 is 2.00 bits per heavy atom. The highest BCUT2D eigenvalue weighted by atomic mass is 32.1. The first kappa shape index (κ1) is 9.62. The second kappa shape index (κ2) is 5.41. The summed E-state index contributed by atoms with van der Waals surface area (Å²) in [5.41, 5.74) is 0. The molecule has 2 nitrogen and oxygen atoms in total. The van der Waals surface area contributed by atoms with Crippen LogP contribution < -0.4 is 0 Å². The molecule has 0 saturated heterocycles. The zero-order valence-electron chi connectivity index (χ0n) is 5.06. The quantitative estimate of drug-likeness (QED) is 0.445. The zero-order chi connectivity index (χ0) is 7.28. The number of hydrogen-bond donors (Lipinski definition) is 4. The fourth-order valence-electron chi connectivity index (χ4n) is 0.446. The smallest absolute Gasteiger partial charge is 0.0744 e. The highest BCUT2D eigenvalue weighted by Gasteiger charge is 2.11. The van der Waals surface area contributed by atoms with Gasteiger partial charge in [-0.05, 0) is 6.42 Å². The Labute approximate surface area is 66.1 Å². The van der Waals surface area contributed by atoms with E-state index >= 15 is 0 Å². The van der Waals surface area contributed by atoms with Crippen LogP contribution in [0.25, 0.3) is 0 Å². The molecule has 0 heterocycles. The molecule has 0 fully saturated rings. The van der Waals surface area contributed by atoms with Crippen molar-refractivity contribution >= 4 is 25.3 Å². The van der Waals surface area contributed by atoms with Crippen LogP contribution in [0.2, 0.25) is 0 Å². The fraction of sp³-hybridized carbons (Fsp3) is 1.00. The average Bonchev–Trinajstić information content (AvgIpc) is 1.87. The van der Waals surface area contributed by atoms with Gasteiger partial charge < -0.3 is 10.2 Å². The van der Waals surface area contributed by atoms with Crippen molar-refractivity contribution in [1.29, 1.82) is 0 Å². The molecule has 0 radical (unpaired) electrons. The predicted molar refractivity (Wildman–Crippen MR) is 44.3 cm³/mol. The first-order chi connectivity index (χ1) is 4.22. The van der Waals surface area contributed by atoms with Gasteiger partial charge in [-0.25, -0.2) is 0 Å². The van der Waals surface area contributed by atoms with Crippen LogP contribution in [0.15, 0.2) is 0 Å². The van der Waals surface area contributed by atoms with E-state index in [9.17, 15) is 0 Å². The van der Waals surface area contributed by atoms with Gasteiger partial charge in [-0.3, -0.25) is 0 Å². The first-order valence-electron chi connectivity index (χ1n) is 2.80. The maximum absolute atomic E-state index is 8.99. The van der Waals surface area contributed by atoms with Gasteiger partial charge in [-0.1, -0.05) is 0 Å². The van der Waals surface area contributed by atoms with E-state index in [1.165, 1.54) is 0 Å². The first-order valence-corrected chi connectivity index (χ1v) is 3.95. The summed E-state index contributed by atoms with van der Waals surface area (Å²) < 4.78 is 0. The van der Waals surface area contributed by atoms with Gasteiger partial charge in [0.2, 0.25) is 0 Å². The average molecular weight is 168 g/mol. The van der Waals surface area contributed by atoms with Gasteiger partial charge >= 0.3 is 0 Å². The highest BCUT2D eigenvalue weighted by molar-refractivity contribution is 7.81. The summed E-state index contributed by atoms with van der Waals surface area (Å²) in [6.07, 6.45) is 0.00833. The molecule has 0 bridgehead atoms. The van der Waals surface area contributed by atoms with Crippen molar-refractivity contribution in [1.82, 2.24) is 0 Å². The van der Waals surface area contributed by atoms with E-state index in [0.717, 1.165) is 0 Å². The van der Waals surface area contributed by atoms with Crippen molar-refractivity contribution in [3.63, 3.8) is 0 Å². The summed E-state index contributed by atoms with van der Waals surface area (Å²) in [6.45, 7) is 0.0685. The third kappa shape index (κ3) is 4.08. The Morgan fingerprint density at radius 3 is 2.33 bits per heavy atom. The number of rotatable bonds is 4. The van der Waals surface area contributed by atoms with Crippen LogP contribution in [0.5, 0.6) is 0 Å². The Hall–Kier alpha value is 0.620. The third-order valence-electron chi connectivity index (χ3n) is 1.06. The monoisotopic (exact) mass is 168 g/mol. The van der Waals surface area contributed by atoms with E-state index < -0.39 is 6.10 Å². The van der Waals surface area contributed by atoms with Crippen LogP contribution in [-0.4, -0.2) is 33.9 Å². The van der Waals surface area contributed by atoms with E-state index in [0.29, 0.717) is 12.2 Å². The minimum atomic E-state index is -0.510. The SMILES string of the molecule is OCCC(S)C(O)CS. The molecule has 2 atom stereocenters. The third-order valence-corrected chi connectivity index (χ3v) is 2.03. The molecule has 0 amide bonds. The predicted octanol–water partition coefficient (Wildman–Crippen LogP) is -0.0421. The minimum absolute atomic E-state index is 0.0685. The summed E-state index contributed by atoms with van der Waals surface area (Å²) >= 11 is 7.89. The summed E-state index contributed by atoms with van der Waals surface area (Å²) in [6, 6.07) is 0. The lowest BCUT2D eigenvalue weighted by atomic mass is 10.2. The molecule has 0 spiro atoms. The molecule has 0 rings (SSSR count). The van der Waals surface area contributed by atoms with Gasteiger partial charge in [0.1, 0.15) is 0 Å². The summed E-state index contributed by atoms with van der Waals surface area (Å²) in [5, 5.41) is 17.2. The second-order valence-corrected chi connectivity index (χ2v) is 2.86. The number of hydrogen-bond acceptors (Lipinski definition) is 4. The highest BCUT2D eigenvalue weighted by Crippen LogP contribution is 2.07. The van der Waals surface area contributed by atoms with E-state index in [4.69, 9.17) is 10.2 Å². The fourth-order valence-corrected chi connectivity index (χ4v) is 1.09. The molecule has 56 valence electrons. The molecular formula is C5H12O2S2.